The van der Waals surface area contributed by atoms with E-state index in [1.807, 2.05) is 48.5 Å². The van der Waals surface area contributed by atoms with Gasteiger partial charge in [0.2, 0.25) is 11.8 Å². The smallest absolute Gasteiger partial charge is 0.243 e. The second kappa shape index (κ2) is 15.0. The summed E-state index contributed by atoms with van der Waals surface area (Å²) in [6, 6.07) is 21.9. The van der Waals surface area contributed by atoms with E-state index in [0.29, 0.717) is 29.5 Å². The molecule has 3 rings (SSSR count). The van der Waals surface area contributed by atoms with E-state index in [1.165, 1.54) is 0 Å². The Morgan fingerprint density at radius 2 is 1.55 bits per heavy atom. The minimum Gasteiger partial charge on any atom is -0.493 e. The summed E-state index contributed by atoms with van der Waals surface area (Å²) in [5.41, 5.74) is 2.66. The van der Waals surface area contributed by atoms with Crippen molar-refractivity contribution in [1.82, 2.24) is 10.2 Å². The van der Waals surface area contributed by atoms with E-state index >= 15 is 0 Å². The van der Waals surface area contributed by atoms with Gasteiger partial charge in [0.25, 0.3) is 0 Å². The highest BCUT2D eigenvalue weighted by Gasteiger charge is 2.30. The van der Waals surface area contributed by atoms with Gasteiger partial charge in [0, 0.05) is 24.5 Å². The lowest BCUT2D eigenvalue weighted by Gasteiger charge is -2.32. The van der Waals surface area contributed by atoms with Gasteiger partial charge in [-0.15, -0.1) is 0 Å². The van der Waals surface area contributed by atoms with Crippen LogP contribution in [0.15, 0.2) is 72.8 Å². The van der Waals surface area contributed by atoms with E-state index < -0.39 is 6.04 Å². The zero-order valence-electron chi connectivity index (χ0n) is 22.4. The Morgan fingerprint density at radius 3 is 2.21 bits per heavy atom. The number of rotatable bonds is 14. The lowest BCUT2D eigenvalue weighted by Crippen LogP contribution is -2.51. The van der Waals surface area contributed by atoms with Gasteiger partial charge in [-0.2, -0.15) is 0 Å². The first-order valence-electron chi connectivity index (χ1n) is 13.0. The number of carbonyl (C=O) groups excluding carboxylic acids is 2. The van der Waals surface area contributed by atoms with Gasteiger partial charge in [0.1, 0.15) is 6.04 Å². The number of hydrogen-bond donors (Lipinski definition) is 1. The van der Waals surface area contributed by atoms with Gasteiger partial charge < -0.3 is 19.7 Å². The molecule has 0 aliphatic heterocycles. The number of ether oxygens (including phenoxy) is 2. The Hall–Kier alpha value is -3.51. The van der Waals surface area contributed by atoms with Crippen LogP contribution in [0.3, 0.4) is 0 Å². The number of halogens is 1. The van der Waals surface area contributed by atoms with Crippen molar-refractivity contribution in [2.24, 2.45) is 0 Å². The standard InChI is InChI=1S/C31H37ClN2O4/c1-4-5-9-18-33-31(36)27(19-23-10-7-6-8-11-23)34(22-24-12-15-26(32)16-13-24)30(35)21-25-14-17-28(37-2)29(20-25)38-3/h6-8,10-17,20,27H,4-5,9,18-19,21-22H2,1-3H3,(H,33,36)/t27-/m1/s1. The number of methoxy groups -OCH3 is 2. The van der Waals surface area contributed by atoms with Crippen LogP contribution >= 0.6 is 11.6 Å². The highest BCUT2D eigenvalue weighted by molar-refractivity contribution is 6.30. The zero-order chi connectivity index (χ0) is 27.3. The van der Waals surface area contributed by atoms with Gasteiger partial charge >= 0.3 is 0 Å². The first-order chi connectivity index (χ1) is 18.4. The molecule has 0 saturated carbocycles. The summed E-state index contributed by atoms with van der Waals surface area (Å²) in [5, 5.41) is 3.69. The van der Waals surface area contributed by atoms with Crippen molar-refractivity contribution in [2.45, 2.75) is 51.6 Å². The molecular formula is C31H37ClN2O4. The van der Waals surface area contributed by atoms with Crippen LogP contribution in [0.1, 0.15) is 42.9 Å². The monoisotopic (exact) mass is 536 g/mol. The highest BCUT2D eigenvalue weighted by Crippen LogP contribution is 2.28. The summed E-state index contributed by atoms with van der Waals surface area (Å²) in [4.78, 5) is 29.2. The highest BCUT2D eigenvalue weighted by atomic mass is 35.5. The molecule has 1 atom stereocenters. The molecule has 0 fully saturated rings. The predicted octanol–water partition coefficient (Wildman–Crippen LogP) is 5.85. The summed E-state index contributed by atoms with van der Waals surface area (Å²) in [5.74, 6) is 0.836. The van der Waals surface area contributed by atoms with Crippen molar-refractivity contribution >= 4 is 23.4 Å². The fourth-order valence-electron chi connectivity index (χ4n) is 4.31. The van der Waals surface area contributed by atoms with Gasteiger partial charge in [0.15, 0.2) is 11.5 Å². The molecule has 0 saturated heterocycles. The number of carbonyl (C=O) groups is 2. The van der Waals surface area contributed by atoms with Gasteiger partial charge in [-0.1, -0.05) is 79.9 Å². The quantitative estimate of drug-likeness (QED) is 0.263. The molecule has 6 nitrogen and oxygen atoms in total. The molecule has 3 aromatic rings. The molecular weight excluding hydrogens is 500 g/mol. The number of hydrogen-bond acceptors (Lipinski definition) is 4. The van der Waals surface area contributed by atoms with Crippen LogP contribution in [0, 0.1) is 0 Å². The van der Waals surface area contributed by atoms with Gasteiger partial charge in [0.05, 0.1) is 20.6 Å². The number of amides is 2. The Bertz CT molecular complexity index is 1170. The van der Waals surface area contributed by atoms with Crippen molar-refractivity contribution in [3.63, 3.8) is 0 Å². The molecule has 202 valence electrons. The molecule has 0 heterocycles. The molecule has 0 aliphatic rings. The van der Waals surface area contributed by atoms with Crippen LogP contribution in [0.5, 0.6) is 11.5 Å². The lowest BCUT2D eigenvalue weighted by atomic mass is 10.0. The molecule has 0 bridgehead atoms. The number of nitrogens with one attached hydrogen (secondary N) is 1. The molecule has 38 heavy (non-hydrogen) atoms. The Kier molecular flexibility index (Phi) is 11.5. The van der Waals surface area contributed by atoms with Crippen molar-refractivity contribution < 1.29 is 19.1 Å². The van der Waals surface area contributed by atoms with E-state index in [4.69, 9.17) is 21.1 Å². The lowest BCUT2D eigenvalue weighted by molar-refractivity contribution is -0.140. The molecule has 2 amide bonds. The topological polar surface area (TPSA) is 67.9 Å². The largest absolute Gasteiger partial charge is 0.493 e. The maximum Gasteiger partial charge on any atom is 0.243 e. The summed E-state index contributed by atoms with van der Waals surface area (Å²) in [6.45, 7) is 2.99. The minimum atomic E-state index is -0.678. The molecule has 0 radical (unpaired) electrons. The normalized spacial score (nSPS) is 11.5. The Balaban J connectivity index is 1.93. The zero-order valence-corrected chi connectivity index (χ0v) is 23.2. The predicted molar refractivity (Wildman–Crippen MR) is 152 cm³/mol. The summed E-state index contributed by atoms with van der Waals surface area (Å²) < 4.78 is 10.8. The fraction of sp³-hybridized carbons (Fsp3) is 0.355. The molecule has 7 heteroatoms. The van der Waals surface area contributed by atoms with E-state index in [1.54, 1.807) is 43.4 Å². The molecule has 0 spiro atoms. The Labute approximate surface area is 230 Å². The van der Waals surface area contributed by atoms with Crippen LogP contribution < -0.4 is 14.8 Å². The van der Waals surface area contributed by atoms with Crippen molar-refractivity contribution in [3.05, 3.63) is 94.5 Å². The minimum absolute atomic E-state index is 0.113. The SMILES string of the molecule is CCCCCNC(=O)[C@@H](Cc1ccccc1)N(Cc1ccc(Cl)cc1)C(=O)Cc1ccc(OC)c(OC)c1. The van der Waals surface area contributed by atoms with Crippen LogP contribution in [-0.4, -0.2) is 43.5 Å². The van der Waals surface area contributed by atoms with Crippen molar-refractivity contribution in [3.8, 4) is 11.5 Å². The first-order valence-corrected chi connectivity index (χ1v) is 13.4. The number of benzene rings is 3. The molecule has 0 aliphatic carbocycles. The Morgan fingerprint density at radius 1 is 0.868 bits per heavy atom. The fourth-order valence-corrected chi connectivity index (χ4v) is 4.44. The van der Waals surface area contributed by atoms with Crippen molar-refractivity contribution in [1.29, 1.82) is 0 Å². The second-order valence-corrected chi connectivity index (χ2v) is 9.65. The average Bonchev–Trinajstić information content (AvgIpc) is 2.94. The second-order valence-electron chi connectivity index (χ2n) is 9.22. The van der Waals surface area contributed by atoms with Crippen LogP contribution in [0.4, 0.5) is 0 Å². The summed E-state index contributed by atoms with van der Waals surface area (Å²) in [6.07, 6.45) is 3.53. The van der Waals surface area contributed by atoms with Gasteiger partial charge in [-0.25, -0.2) is 0 Å². The first kappa shape index (κ1) is 29.1. The van der Waals surface area contributed by atoms with Crippen LogP contribution in [-0.2, 0) is 29.0 Å². The molecule has 1 N–H and O–H groups in total. The maximum absolute atomic E-state index is 13.9. The molecule has 3 aromatic carbocycles. The van der Waals surface area contributed by atoms with Gasteiger partial charge in [-0.3, -0.25) is 9.59 Å². The van der Waals surface area contributed by atoms with Crippen LogP contribution in [0.25, 0.3) is 0 Å². The third kappa shape index (κ3) is 8.52. The van der Waals surface area contributed by atoms with Gasteiger partial charge in [-0.05, 0) is 47.4 Å². The number of nitrogens with zero attached hydrogens (tertiary/aromatic N) is 1. The summed E-state index contributed by atoms with van der Waals surface area (Å²) >= 11 is 6.11. The van der Waals surface area contributed by atoms with Crippen LogP contribution in [0.2, 0.25) is 5.02 Å². The van der Waals surface area contributed by atoms with E-state index in [2.05, 4.69) is 12.2 Å². The average molecular weight is 537 g/mol. The van der Waals surface area contributed by atoms with E-state index in [0.717, 1.165) is 36.0 Å². The summed E-state index contributed by atoms with van der Waals surface area (Å²) in [7, 11) is 3.14. The third-order valence-electron chi connectivity index (χ3n) is 6.42. The molecule has 0 unspecified atom stereocenters. The maximum atomic E-state index is 13.9. The third-order valence-corrected chi connectivity index (χ3v) is 6.67. The molecule has 0 aromatic heterocycles. The number of unbranched alkanes of at least 4 members (excludes halogenated alkanes) is 2. The van der Waals surface area contributed by atoms with Crippen molar-refractivity contribution in [2.75, 3.05) is 20.8 Å². The van der Waals surface area contributed by atoms with E-state index in [9.17, 15) is 9.59 Å². The van der Waals surface area contributed by atoms with E-state index in [-0.39, 0.29) is 24.8 Å².